The third-order valence-corrected chi connectivity index (χ3v) is 3.81. The van der Waals surface area contributed by atoms with Gasteiger partial charge in [-0.1, -0.05) is 0 Å². The molecule has 0 aliphatic heterocycles. The molecule has 0 amide bonds. The topological polar surface area (TPSA) is 12.9 Å². The highest BCUT2D eigenvalue weighted by molar-refractivity contribution is 14.1. The largest absolute Gasteiger partial charge is 0.229 e. The molecule has 1 aromatic heterocycles. The minimum absolute atomic E-state index is 0.200. The van der Waals surface area contributed by atoms with Crippen molar-refractivity contribution in [1.82, 2.24) is 4.98 Å². The number of halogens is 3. The lowest BCUT2D eigenvalue weighted by molar-refractivity contribution is 0.641. The van der Waals surface area contributed by atoms with Crippen molar-refractivity contribution < 1.29 is 4.39 Å². The number of fused-ring (bicyclic) bond motifs is 1. The maximum Gasteiger partial charge on any atom is 0.155 e. The second kappa shape index (κ2) is 3.19. The van der Waals surface area contributed by atoms with Gasteiger partial charge in [0.25, 0.3) is 0 Å². The zero-order valence-corrected chi connectivity index (χ0v) is 10.2. The van der Waals surface area contributed by atoms with Crippen LogP contribution in [0.5, 0.6) is 0 Å². The summed E-state index contributed by atoms with van der Waals surface area (Å²) in [5.41, 5.74) is 0.712. The Bertz CT molecular complexity index is 403. The number of hydrogen-bond donors (Lipinski definition) is 0. The Kier molecular flexibility index (Phi) is 2.35. The molecule has 0 atom stereocenters. The number of hydrogen-bond acceptors (Lipinski definition) is 2. The molecule has 0 radical (unpaired) electrons. The molecule has 1 aromatic carbocycles. The number of thiazole rings is 1. The third-order valence-electron chi connectivity index (χ3n) is 1.42. The SMILES string of the molecule is Fc1ccc(Br)c2nc(I)sc12. The van der Waals surface area contributed by atoms with Gasteiger partial charge < -0.3 is 0 Å². The average molecular weight is 358 g/mol. The number of nitrogens with zero attached hydrogens (tertiary/aromatic N) is 1. The van der Waals surface area contributed by atoms with E-state index < -0.39 is 0 Å². The van der Waals surface area contributed by atoms with E-state index in [9.17, 15) is 4.39 Å². The van der Waals surface area contributed by atoms with Crippen molar-refractivity contribution in [1.29, 1.82) is 0 Å². The van der Waals surface area contributed by atoms with Crippen LogP contribution in [0.3, 0.4) is 0 Å². The van der Waals surface area contributed by atoms with E-state index in [1.54, 1.807) is 6.07 Å². The Morgan fingerprint density at radius 2 is 2.25 bits per heavy atom. The first kappa shape index (κ1) is 8.83. The summed E-state index contributed by atoms with van der Waals surface area (Å²) in [6.07, 6.45) is 0. The molecule has 0 N–H and O–H groups in total. The first-order chi connectivity index (χ1) is 5.68. The molecule has 12 heavy (non-hydrogen) atoms. The standard InChI is InChI=1S/C7H2BrFINS/c8-3-1-2-4(9)6-5(3)11-7(10)12-6/h1-2H. The van der Waals surface area contributed by atoms with E-state index in [4.69, 9.17) is 0 Å². The van der Waals surface area contributed by atoms with Gasteiger partial charge in [0.2, 0.25) is 0 Å². The molecule has 1 nitrogen and oxygen atoms in total. The van der Waals surface area contributed by atoms with Gasteiger partial charge in [0.1, 0.15) is 5.82 Å². The minimum atomic E-state index is -0.200. The first-order valence-electron chi connectivity index (χ1n) is 3.08. The van der Waals surface area contributed by atoms with Crippen LogP contribution in [-0.4, -0.2) is 4.98 Å². The van der Waals surface area contributed by atoms with E-state index in [-0.39, 0.29) is 5.82 Å². The van der Waals surface area contributed by atoms with Crippen LogP contribution in [0.1, 0.15) is 0 Å². The average Bonchev–Trinajstić information content (AvgIpc) is 2.41. The molecule has 0 saturated heterocycles. The van der Waals surface area contributed by atoms with Crippen LogP contribution in [0.2, 0.25) is 0 Å². The zero-order chi connectivity index (χ0) is 8.72. The molecule has 5 heteroatoms. The maximum absolute atomic E-state index is 13.1. The molecule has 0 saturated carbocycles. The van der Waals surface area contributed by atoms with Crippen molar-refractivity contribution in [2.24, 2.45) is 0 Å². The molecule has 62 valence electrons. The Labute approximate surface area is 94.3 Å². The molecule has 1 heterocycles. The smallest absolute Gasteiger partial charge is 0.155 e. The summed E-state index contributed by atoms with van der Waals surface area (Å²) in [5.74, 6) is -0.200. The predicted octanol–water partition coefficient (Wildman–Crippen LogP) is 3.80. The van der Waals surface area contributed by atoms with Gasteiger partial charge in [0, 0.05) is 4.47 Å². The molecule has 2 rings (SSSR count). The quantitative estimate of drug-likeness (QED) is 0.653. The predicted molar refractivity (Wildman–Crippen MR) is 60.0 cm³/mol. The fraction of sp³-hybridized carbons (Fsp3) is 0. The lowest BCUT2D eigenvalue weighted by atomic mass is 10.3. The van der Waals surface area contributed by atoms with E-state index in [1.807, 2.05) is 0 Å². The molecule has 2 aromatic rings. The van der Waals surface area contributed by atoms with Crippen molar-refractivity contribution in [3.8, 4) is 0 Å². The molecular formula is C7H2BrFINS. The second-order valence-electron chi connectivity index (χ2n) is 2.17. The maximum atomic E-state index is 13.1. The third kappa shape index (κ3) is 1.38. The van der Waals surface area contributed by atoms with Crippen molar-refractivity contribution in [2.75, 3.05) is 0 Å². The van der Waals surface area contributed by atoms with Crippen LogP contribution in [-0.2, 0) is 0 Å². The van der Waals surface area contributed by atoms with E-state index in [2.05, 4.69) is 43.5 Å². The first-order valence-corrected chi connectivity index (χ1v) is 5.77. The number of rotatable bonds is 0. The van der Waals surface area contributed by atoms with Gasteiger partial charge in [0.15, 0.2) is 3.01 Å². The van der Waals surface area contributed by atoms with Gasteiger partial charge in [-0.2, -0.15) is 0 Å². The van der Waals surface area contributed by atoms with Gasteiger partial charge >= 0.3 is 0 Å². The molecule has 0 spiro atoms. The molecule has 0 aliphatic rings. The van der Waals surface area contributed by atoms with Crippen LogP contribution < -0.4 is 0 Å². The van der Waals surface area contributed by atoms with Gasteiger partial charge in [0.05, 0.1) is 10.2 Å². The van der Waals surface area contributed by atoms with Crippen LogP contribution in [0.4, 0.5) is 4.39 Å². The Morgan fingerprint density at radius 3 is 2.92 bits per heavy atom. The van der Waals surface area contributed by atoms with Crippen LogP contribution in [0.25, 0.3) is 10.2 Å². The van der Waals surface area contributed by atoms with Crippen molar-refractivity contribution in [3.05, 3.63) is 25.4 Å². The number of aromatic nitrogens is 1. The summed E-state index contributed by atoms with van der Waals surface area (Å²) in [4.78, 5) is 4.19. The van der Waals surface area contributed by atoms with E-state index in [0.717, 1.165) is 7.49 Å². The summed E-state index contributed by atoms with van der Waals surface area (Å²) in [7, 11) is 0. The highest BCUT2D eigenvalue weighted by Gasteiger charge is 2.08. The van der Waals surface area contributed by atoms with Crippen molar-refractivity contribution >= 4 is 60.1 Å². The van der Waals surface area contributed by atoms with E-state index >= 15 is 0 Å². The Balaban J connectivity index is 2.93. The summed E-state index contributed by atoms with van der Waals surface area (Å²) in [6.45, 7) is 0. The summed E-state index contributed by atoms with van der Waals surface area (Å²) in [5, 5.41) is 0. The van der Waals surface area contributed by atoms with Gasteiger partial charge in [-0.25, -0.2) is 9.37 Å². The molecule has 0 fully saturated rings. The summed E-state index contributed by atoms with van der Waals surface area (Å²) in [6, 6.07) is 3.12. The lowest BCUT2D eigenvalue weighted by Crippen LogP contribution is -1.75. The van der Waals surface area contributed by atoms with Crippen LogP contribution in [0, 0.1) is 8.83 Å². The molecule has 0 bridgehead atoms. The van der Waals surface area contributed by atoms with Gasteiger partial charge in [-0.3, -0.25) is 0 Å². The molecular weight excluding hydrogens is 356 g/mol. The van der Waals surface area contributed by atoms with Gasteiger partial charge in [-0.05, 0) is 50.7 Å². The molecule has 0 unspecified atom stereocenters. The van der Waals surface area contributed by atoms with Gasteiger partial charge in [-0.15, -0.1) is 11.3 Å². The highest BCUT2D eigenvalue weighted by atomic mass is 127. The van der Waals surface area contributed by atoms with Crippen LogP contribution >= 0.6 is 49.9 Å². The summed E-state index contributed by atoms with van der Waals surface area (Å²) >= 11 is 6.77. The van der Waals surface area contributed by atoms with Crippen molar-refractivity contribution in [3.63, 3.8) is 0 Å². The monoisotopic (exact) mass is 357 g/mol. The fourth-order valence-corrected chi connectivity index (χ4v) is 3.09. The number of benzene rings is 1. The lowest BCUT2D eigenvalue weighted by Gasteiger charge is -1.91. The van der Waals surface area contributed by atoms with E-state index in [1.165, 1.54) is 17.4 Å². The van der Waals surface area contributed by atoms with E-state index in [0.29, 0.717) is 10.2 Å². The fourth-order valence-electron chi connectivity index (χ4n) is 0.919. The second-order valence-corrected chi connectivity index (χ2v) is 5.78. The minimum Gasteiger partial charge on any atom is -0.229 e. The summed E-state index contributed by atoms with van der Waals surface area (Å²) < 4.78 is 15.4. The highest BCUT2D eigenvalue weighted by Crippen LogP contribution is 2.30. The van der Waals surface area contributed by atoms with Crippen molar-refractivity contribution in [2.45, 2.75) is 0 Å². The Morgan fingerprint density at radius 1 is 1.50 bits per heavy atom. The van der Waals surface area contributed by atoms with Crippen LogP contribution in [0.15, 0.2) is 16.6 Å². The zero-order valence-electron chi connectivity index (χ0n) is 5.64. The Hall–Kier alpha value is 0.250. The normalized spacial score (nSPS) is 10.9. The molecule has 0 aliphatic carbocycles.